The number of aromatic nitrogens is 1. The van der Waals surface area contributed by atoms with E-state index in [0.717, 1.165) is 30.6 Å². The Morgan fingerprint density at radius 2 is 2.06 bits per heavy atom. The predicted octanol–water partition coefficient (Wildman–Crippen LogP) is 2.26. The molecule has 0 saturated carbocycles. The highest BCUT2D eigenvalue weighted by Crippen LogP contribution is 2.37. The SMILES string of the molecule is CCCCCCCCOC(=O)C1=CCS[C@H]2C(NC(=O)C(=NOC)c3csc(N)n3)C(=O)N12. The Kier molecular flexibility index (Phi) is 9.12. The Labute approximate surface area is 200 Å². The summed E-state index contributed by atoms with van der Waals surface area (Å²) < 4.78 is 5.38. The minimum atomic E-state index is -0.796. The molecule has 0 bridgehead atoms. The van der Waals surface area contributed by atoms with E-state index in [1.54, 1.807) is 11.5 Å². The van der Waals surface area contributed by atoms with Crippen molar-refractivity contribution in [3.8, 4) is 0 Å². The molecule has 33 heavy (non-hydrogen) atoms. The van der Waals surface area contributed by atoms with Gasteiger partial charge >= 0.3 is 5.97 Å². The van der Waals surface area contributed by atoms with Crippen molar-refractivity contribution >= 4 is 51.7 Å². The molecule has 10 nitrogen and oxygen atoms in total. The molecule has 2 aliphatic rings. The van der Waals surface area contributed by atoms with Crippen LogP contribution in [0.5, 0.6) is 0 Å². The van der Waals surface area contributed by atoms with Crippen LogP contribution in [-0.2, 0) is 24.0 Å². The molecule has 0 aromatic carbocycles. The van der Waals surface area contributed by atoms with Gasteiger partial charge in [0.25, 0.3) is 11.8 Å². The third-order valence-corrected chi connectivity index (χ3v) is 7.09. The second-order valence-corrected chi connectivity index (χ2v) is 9.61. The molecule has 12 heteroatoms. The summed E-state index contributed by atoms with van der Waals surface area (Å²) in [7, 11) is 1.31. The van der Waals surface area contributed by atoms with E-state index in [2.05, 4.69) is 22.4 Å². The van der Waals surface area contributed by atoms with Crippen molar-refractivity contribution in [2.75, 3.05) is 25.2 Å². The first kappa shape index (κ1) is 25.0. The van der Waals surface area contributed by atoms with Gasteiger partial charge in [-0.2, -0.15) is 0 Å². The second kappa shape index (κ2) is 12.0. The lowest BCUT2D eigenvalue weighted by Gasteiger charge is -2.48. The lowest BCUT2D eigenvalue weighted by Crippen LogP contribution is -2.70. The maximum Gasteiger partial charge on any atom is 0.354 e. The lowest BCUT2D eigenvalue weighted by atomic mass is 10.0. The summed E-state index contributed by atoms with van der Waals surface area (Å²) >= 11 is 2.62. The quantitative estimate of drug-likeness (QED) is 0.148. The molecule has 3 heterocycles. The zero-order chi connectivity index (χ0) is 23.8. The number of thioether (sulfide) groups is 1. The number of carbonyl (C=O) groups excluding carboxylic acids is 3. The summed E-state index contributed by atoms with van der Waals surface area (Å²) in [5, 5.41) is 7.88. The highest BCUT2D eigenvalue weighted by atomic mass is 32.2. The molecule has 2 aliphatic heterocycles. The van der Waals surface area contributed by atoms with E-state index in [4.69, 9.17) is 15.3 Å². The van der Waals surface area contributed by atoms with Gasteiger partial charge in [0.05, 0.1) is 6.61 Å². The first-order valence-electron chi connectivity index (χ1n) is 10.9. The van der Waals surface area contributed by atoms with Crippen LogP contribution in [0.3, 0.4) is 0 Å². The predicted molar refractivity (Wildman–Crippen MR) is 128 cm³/mol. The molecule has 1 saturated heterocycles. The van der Waals surface area contributed by atoms with Crippen LogP contribution < -0.4 is 11.1 Å². The number of fused-ring (bicyclic) bond motifs is 1. The fraction of sp³-hybridized carbons (Fsp3) is 0.571. The summed E-state index contributed by atoms with van der Waals surface area (Å²) in [6, 6.07) is -0.796. The van der Waals surface area contributed by atoms with Gasteiger partial charge < -0.3 is 20.6 Å². The topological polar surface area (TPSA) is 136 Å². The summed E-state index contributed by atoms with van der Waals surface area (Å²) in [5.41, 5.74) is 6.06. The van der Waals surface area contributed by atoms with Gasteiger partial charge in [0.15, 0.2) is 10.8 Å². The average Bonchev–Trinajstić information content (AvgIpc) is 3.25. The number of amides is 2. The van der Waals surface area contributed by atoms with E-state index < -0.39 is 23.3 Å². The van der Waals surface area contributed by atoms with Gasteiger partial charge in [0, 0.05) is 11.1 Å². The van der Waals surface area contributed by atoms with Crippen LogP contribution in [0.2, 0.25) is 0 Å². The standard InChI is InChI=1S/C21H29N5O5S2/c1-3-4-5-6-7-8-10-31-20(29)14-9-11-32-19-16(18(28)26(14)19)24-17(27)15(25-30-2)13-12-33-21(22)23-13/h9,12,16,19H,3-8,10-11H2,1-2H3,(H2,22,23)(H,24,27)/t16?,19-/m0/s1. The van der Waals surface area contributed by atoms with Gasteiger partial charge in [0.2, 0.25) is 0 Å². The number of β-lactam (4-membered cyclic amide) rings is 1. The highest BCUT2D eigenvalue weighted by Gasteiger charge is 2.53. The van der Waals surface area contributed by atoms with E-state index in [9.17, 15) is 14.4 Å². The minimum absolute atomic E-state index is 0.0772. The van der Waals surface area contributed by atoms with E-state index >= 15 is 0 Å². The number of hydrogen-bond acceptors (Lipinski definition) is 10. The van der Waals surface area contributed by atoms with Crippen LogP contribution in [0, 0.1) is 0 Å². The van der Waals surface area contributed by atoms with Gasteiger partial charge in [-0.15, -0.1) is 23.1 Å². The normalized spacial score (nSPS) is 19.9. The van der Waals surface area contributed by atoms with Gasteiger partial charge in [-0.05, 0) is 12.5 Å². The van der Waals surface area contributed by atoms with E-state index in [-0.39, 0.29) is 28.1 Å². The number of nitrogens with one attached hydrogen (secondary N) is 1. The Bertz CT molecular complexity index is 932. The molecular weight excluding hydrogens is 466 g/mol. The third-order valence-electron chi connectivity index (χ3n) is 5.24. The smallest absolute Gasteiger partial charge is 0.354 e. The molecule has 3 N–H and O–H groups in total. The monoisotopic (exact) mass is 495 g/mol. The number of nitrogen functional groups attached to an aromatic ring is 1. The maximum absolute atomic E-state index is 12.8. The van der Waals surface area contributed by atoms with Crippen LogP contribution in [-0.4, -0.2) is 64.3 Å². The number of hydrogen-bond donors (Lipinski definition) is 2. The molecule has 1 aromatic rings. The molecule has 1 aromatic heterocycles. The largest absolute Gasteiger partial charge is 0.461 e. The minimum Gasteiger partial charge on any atom is -0.461 e. The van der Waals surface area contributed by atoms with Crippen molar-refractivity contribution in [1.29, 1.82) is 0 Å². The van der Waals surface area contributed by atoms with Crippen molar-refractivity contribution in [2.45, 2.75) is 56.9 Å². The van der Waals surface area contributed by atoms with E-state index in [1.807, 2.05) is 0 Å². The molecule has 2 amide bonds. The van der Waals surface area contributed by atoms with Crippen LogP contribution in [0.15, 0.2) is 22.3 Å². The number of thiazole rings is 1. The second-order valence-electron chi connectivity index (χ2n) is 7.57. The van der Waals surface area contributed by atoms with E-state index in [1.165, 1.54) is 43.0 Å². The van der Waals surface area contributed by atoms with Crippen LogP contribution >= 0.6 is 23.1 Å². The zero-order valence-electron chi connectivity index (χ0n) is 18.7. The molecule has 3 rings (SSSR count). The first-order chi connectivity index (χ1) is 16.0. The summed E-state index contributed by atoms with van der Waals surface area (Å²) in [5.74, 6) is -0.962. The number of esters is 1. The van der Waals surface area contributed by atoms with Crippen molar-refractivity contribution in [3.63, 3.8) is 0 Å². The number of unbranched alkanes of at least 4 members (excludes halogenated alkanes) is 5. The number of rotatable bonds is 12. The Morgan fingerprint density at radius 1 is 1.30 bits per heavy atom. The molecule has 0 radical (unpaired) electrons. The van der Waals surface area contributed by atoms with Crippen LogP contribution in [0.1, 0.15) is 51.1 Å². The molecule has 1 fully saturated rings. The highest BCUT2D eigenvalue weighted by molar-refractivity contribution is 8.00. The van der Waals surface area contributed by atoms with E-state index in [0.29, 0.717) is 12.4 Å². The van der Waals surface area contributed by atoms with Gasteiger partial charge in [0.1, 0.15) is 29.9 Å². The number of nitrogens with two attached hydrogens (primary N) is 1. The van der Waals surface area contributed by atoms with Crippen molar-refractivity contribution < 1.29 is 24.0 Å². The summed E-state index contributed by atoms with van der Waals surface area (Å²) in [4.78, 5) is 48.3. The third kappa shape index (κ3) is 6.05. The Balaban J connectivity index is 1.53. The maximum atomic E-state index is 12.8. The Hall–Kier alpha value is -2.60. The number of carbonyl (C=O) groups is 3. The van der Waals surface area contributed by atoms with Gasteiger partial charge in [-0.3, -0.25) is 14.5 Å². The fourth-order valence-electron chi connectivity index (χ4n) is 3.55. The zero-order valence-corrected chi connectivity index (χ0v) is 20.4. The van der Waals surface area contributed by atoms with Crippen molar-refractivity contribution in [1.82, 2.24) is 15.2 Å². The molecule has 0 aliphatic carbocycles. The van der Waals surface area contributed by atoms with Crippen molar-refractivity contribution in [3.05, 3.63) is 22.8 Å². The summed E-state index contributed by atoms with van der Waals surface area (Å²) in [6.45, 7) is 2.50. The Morgan fingerprint density at radius 3 is 2.76 bits per heavy atom. The number of anilines is 1. The average molecular weight is 496 g/mol. The van der Waals surface area contributed by atoms with Crippen LogP contribution in [0.25, 0.3) is 0 Å². The number of nitrogens with zero attached hydrogens (tertiary/aromatic N) is 3. The molecule has 1 unspecified atom stereocenters. The van der Waals surface area contributed by atoms with Gasteiger partial charge in [-0.25, -0.2) is 9.78 Å². The molecular formula is C21H29N5O5S2. The number of oxime groups is 1. The molecule has 180 valence electrons. The molecule has 0 spiro atoms. The summed E-state index contributed by atoms with van der Waals surface area (Å²) in [6.07, 6.45) is 8.23. The lowest BCUT2D eigenvalue weighted by molar-refractivity contribution is -0.152. The number of ether oxygens (including phenoxy) is 1. The molecule has 2 atom stereocenters. The van der Waals surface area contributed by atoms with Crippen LogP contribution in [0.4, 0.5) is 5.13 Å². The first-order valence-corrected chi connectivity index (χ1v) is 12.9. The van der Waals surface area contributed by atoms with Crippen molar-refractivity contribution in [2.24, 2.45) is 5.16 Å². The fourth-order valence-corrected chi connectivity index (χ4v) is 5.29. The van der Waals surface area contributed by atoms with Gasteiger partial charge in [-0.1, -0.05) is 44.2 Å².